The Morgan fingerprint density at radius 2 is 2.10 bits per heavy atom. The molecule has 0 unspecified atom stereocenters. The summed E-state index contributed by atoms with van der Waals surface area (Å²) in [6.45, 7) is 3.26. The second-order valence-corrected chi connectivity index (χ2v) is 7.91. The highest BCUT2D eigenvalue weighted by Crippen LogP contribution is 2.22. The van der Waals surface area contributed by atoms with E-state index in [9.17, 15) is 0 Å². The predicted molar refractivity (Wildman–Crippen MR) is 93.2 cm³/mol. The Bertz CT molecular complexity index is 550. The van der Waals surface area contributed by atoms with Crippen LogP contribution >= 0.6 is 27.3 Å². The van der Waals surface area contributed by atoms with E-state index in [4.69, 9.17) is 0 Å². The molecule has 0 aliphatic carbocycles. The summed E-state index contributed by atoms with van der Waals surface area (Å²) in [6, 6.07) is 11.1. The summed E-state index contributed by atoms with van der Waals surface area (Å²) >= 11 is 5.35. The molecule has 0 atom stereocenters. The van der Waals surface area contributed by atoms with E-state index < -0.39 is 0 Å². The SMILES string of the molecule is Brc1ccc(CCNC2CCN(c3ccccn3)CC2)s1. The molecule has 3 heterocycles. The molecule has 2 aromatic rings. The van der Waals surface area contributed by atoms with Gasteiger partial charge in [-0.05, 0) is 59.5 Å². The van der Waals surface area contributed by atoms with Crippen molar-refractivity contribution in [2.24, 2.45) is 0 Å². The Morgan fingerprint density at radius 3 is 2.76 bits per heavy atom. The molecule has 0 saturated carbocycles. The zero-order chi connectivity index (χ0) is 14.5. The molecule has 0 amide bonds. The number of anilines is 1. The van der Waals surface area contributed by atoms with Crippen molar-refractivity contribution in [1.29, 1.82) is 0 Å². The molecule has 5 heteroatoms. The largest absolute Gasteiger partial charge is 0.357 e. The van der Waals surface area contributed by atoms with Gasteiger partial charge in [0.25, 0.3) is 0 Å². The highest BCUT2D eigenvalue weighted by molar-refractivity contribution is 9.11. The first-order chi connectivity index (χ1) is 10.3. The zero-order valence-electron chi connectivity index (χ0n) is 12.0. The van der Waals surface area contributed by atoms with E-state index in [2.05, 4.69) is 55.4 Å². The molecule has 3 rings (SSSR count). The number of piperidine rings is 1. The summed E-state index contributed by atoms with van der Waals surface area (Å²) in [7, 11) is 0. The average Bonchev–Trinajstić information content (AvgIpc) is 2.94. The van der Waals surface area contributed by atoms with E-state index in [1.807, 2.05) is 23.6 Å². The maximum atomic E-state index is 4.43. The van der Waals surface area contributed by atoms with Crippen molar-refractivity contribution < 1.29 is 0 Å². The Kier molecular flexibility index (Phi) is 5.27. The Hall–Kier alpha value is -0.910. The maximum Gasteiger partial charge on any atom is 0.128 e. The van der Waals surface area contributed by atoms with E-state index in [0.29, 0.717) is 6.04 Å². The van der Waals surface area contributed by atoms with E-state index in [0.717, 1.165) is 31.9 Å². The van der Waals surface area contributed by atoms with E-state index in [-0.39, 0.29) is 0 Å². The highest BCUT2D eigenvalue weighted by atomic mass is 79.9. The van der Waals surface area contributed by atoms with Crippen molar-refractivity contribution in [3.05, 3.63) is 45.2 Å². The molecule has 112 valence electrons. The van der Waals surface area contributed by atoms with Gasteiger partial charge in [-0.15, -0.1) is 11.3 Å². The molecule has 1 aliphatic rings. The van der Waals surface area contributed by atoms with Gasteiger partial charge < -0.3 is 10.2 Å². The van der Waals surface area contributed by atoms with Crippen LogP contribution in [0.5, 0.6) is 0 Å². The first-order valence-corrected chi connectivity index (χ1v) is 9.06. The van der Waals surface area contributed by atoms with E-state index in [1.54, 1.807) is 0 Å². The second-order valence-electron chi connectivity index (χ2n) is 5.36. The summed E-state index contributed by atoms with van der Waals surface area (Å²) in [5, 5.41) is 3.70. The van der Waals surface area contributed by atoms with Gasteiger partial charge in [0, 0.05) is 36.8 Å². The molecule has 0 spiro atoms. The second kappa shape index (κ2) is 7.38. The minimum atomic E-state index is 0.647. The fourth-order valence-corrected chi connectivity index (χ4v) is 4.22. The van der Waals surface area contributed by atoms with Crippen LogP contribution in [-0.2, 0) is 6.42 Å². The van der Waals surface area contributed by atoms with Gasteiger partial charge in [0.1, 0.15) is 5.82 Å². The lowest BCUT2D eigenvalue weighted by Gasteiger charge is -2.33. The van der Waals surface area contributed by atoms with Crippen molar-refractivity contribution in [2.75, 3.05) is 24.5 Å². The number of halogens is 1. The van der Waals surface area contributed by atoms with Crippen LogP contribution in [0, 0.1) is 0 Å². The molecule has 1 aliphatic heterocycles. The fraction of sp³-hybridized carbons (Fsp3) is 0.438. The summed E-state index contributed by atoms with van der Waals surface area (Å²) in [4.78, 5) is 8.26. The number of pyridine rings is 1. The molecular formula is C16H20BrN3S. The molecule has 3 nitrogen and oxygen atoms in total. The smallest absolute Gasteiger partial charge is 0.128 e. The van der Waals surface area contributed by atoms with E-state index in [1.165, 1.54) is 21.5 Å². The number of aromatic nitrogens is 1. The minimum absolute atomic E-state index is 0.647. The number of rotatable bonds is 5. The number of hydrogen-bond acceptors (Lipinski definition) is 4. The molecule has 21 heavy (non-hydrogen) atoms. The van der Waals surface area contributed by atoms with Crippen LogP contribution in [0.25, 0.3) is 0 Å². The van der Waals surface area contributed by atoms with E-state index >= 15 is 0 Å². The number of thiophene rings is 1. The zero-order valence-corrected chi connectivity index (χ0v) is 14.4. The van der Waals surface area contributed by atoms with Crippen LogP contribution < -0.4 is 10.2 Å². The monoisotopic (exact) mass is 365 g/mol. The average molecular weight is 366 g/mol. The molecule has 1 saturated heterocycles. The maximum absolute atomic E-state index is 4.43. The fourth-order valence-electron chi connectivity index (χ4n) is 2.74. The quantitative estimate of drug-likeness (QED) is 0.875. The van der Waals surface area contributed by atoms with Crippen LogP contribution in [0.4, 0.5) is 5.82 Å². The Balaban J connectivity index is 1.40. The molecule has 0 radical (unpaired) electrons. The van der Waals surface area contributed by atoms with Crippen LogP contribution in [0.15, 0.2) is 40.3 Å². The Labute approximate surface area is 138 Å². The standard InChI is InChI=1S/C16H20BrN3S/c17-15-5-4-14(21-15)6-10-18-13-7-11-20(12-8-13)16-3-1-2-9-19-16/h1-5,9,13,18H,6-8,10-12H2. The van der Waals surface area contributed by atoms with Gasteiger partial charge in [-0.2, -0.15) is 0 Å². The van der Waals surface area contributed by atoms with Crippen LogP contribution in [-0.4, -0.2) is 30.7 Å². The van der Waals surface area contributed by atoms with Gasteiger partial charge in [0.05, 0.1) is 3.79 Å². The van der Waals surface area contributed by atoms with Crippen molar-refractivity contribution in [1.82, 2.24) is 10.3 Å². The number of nitrogens with one attached hydrogen (secondary N) is 1. The lowest BCUT2D eigenvalue weighted by atomic mass is 10.0. The Morgan fingerprint density at radius 1 is 1.24 bits per heavy atom. The topological polar surface area (TPSA) is 28.2 Å². The van der Waals surface area contributed by atoms with Crippen molar-refractivity contribution in [3.8, 4) is 0 Å². The lowest BCUT2D eigenvalue weighted by Crippen LogP contribution is -2.43. The van der Waals surface area contributed by atoms with Gasteiger partial charge in [-0.1, -0.05) is 6.07 Å². The summed E-state index contributed by atoms with van der Waals surface area (Å²) < 4.78 is 1.22. The molecule has 1 fully saturated rings. The van der Waals surface area contributed by atoms with Crippen LogP contribution in [0.1, 0.15) is 17.7 Å². The van der Waals surface area contributed by atoms with Crippen molar-refractivity contribution in [3.63, 3.8) is 0 Å². The van der Waals surface area contributed by atoms with Crippen LogP contribution in [0.2, 0.25) is 0 Å². The normalized spacial score (nSPS) is 16.3. The molecule has 1 N–H and O–H groups in total. The first kappa shape index (κ1) is 15.0. The first-order valence-electron chi connectivity index (χ1n) is 7.45. The van der Waals surface area contributed by atoms with Crippen molar-refractivity contribution in [2.45, 2.75) is 25.3 Å². The highest BCUT2D eigenvalue weighted by Gasteiger charge is 2.19. The summed E-state index contributed by atoms with van der Waals surface area (Å²) in [5.74, 6) is 1.11. The summed E-state index contributed by atoms with van der Waals surface area (Å²) in [6.07, 6.45) is 5.39. The van der Waals surface area contributed by atoms with Gasteiger partial charge in [-0.3, -0.25) is 0 Å². The third-order valence-electron chi connectivity index (χ3n) is 3.90. The lowest BCUT2D eigenvalue weighted by molar-refractivity contribution is 0.417. The van der Waals surface area contributed by atoms with Gasteiger partial charge in [-0.25, -0.2) is 4.98 Å². The molecule has 0 aromatic carbocycles. The molecule has 2 aromatic heterocycles. The molecule has 0 bridgehead atoms. The minimum Gasteiger partial charge on any atom is -0.357 e. The number of nitrogens with zero attached hydrogens (tertiary/aromatic N) is 2. The summed E-state index contributed by atoms with van der Waals surface area (Å²) in [5.41, 5.74) is 0. The molecular weight excluding hydrogens is 346 g/mol. The third-order valence-corrected chi connectivity index (χ3v) is 5.58. The van der Waals surface area contributed by atoms with Crippen LogP contribution in [0.3, 0.4) is 0 Å². The van der Waals surface area contributed by atoms with Gasteiger partial charge in [0.2, 0.25) is 0 Å². The van der Waals surface area contributed by atoms with Crippen molar-refractivity contribution >= 4 is 33.1 Å². The van der Waals surface area contributed by atoms with Gasteiger partial charge >= 0.3 is 0 Å². The third kappa shape index (κ3) is 4.28. The predicted octanol–water partition coefficient (Wildman–Crippen LogP) is 3.71. The number of hydrogen-bond donors (Lipinski definition) is 1. The van der Waals surface area contributed by atoms with Gasteiger partial charge in [0.15, 0.2) is 0 Å².